The Morgan fingerprint density at radius 2 is 1.79 bits per heavy atom. The Morgan fingerprint density at radius 3 is 2.39 bits per heavy atom. The maximum atomic E-state index is 13.8. The van der Waals surface area contributed by atoms with Crippen molar-refractivity contribution in [1.29, 1.82) is 0 Å². The molecule has 0 saturated heterocycles. The zero-order valence-corrected chi connectivity index (χ0v) is 16.9. The predicted molar refractivity (Wildman–Crippen MR) is 112 cm³/mol. The first-order valence-electron chi connectivity index (χ1n) is 8.74. The van der Waals surface area contributed by atoms with Gasteiger partial charge < -0.3 is 15.2 Å². The highest BCUT2D eigenvalue weighted by Gasteiger charge is 2.44. The summed E-state index contributed by atoms with van der Waals surface area (Å²) >= 11 is 0. The summed E-state index contributed by atoms with van der Waals surface area (Å²) in [4.78, 5) is 15.4. The highest BCUT2D eigenvalue weighted by Crippen LogP contribution is 2.37. The number of rotatable bonds is 6. The van der Waals surface area contributed by atoms with E-state index in [1.807, 2.05) is 37.2 Å². The summed E-state index contributed by atoms with van der Waals surface area (Å²) in [6.07, 6.45) is 2.68. The van der Waals surface area contributed by atoms with E-state index < -0.39 is 20.6 Å². The molecule has 1 amide bonds. The first-order valence-corrected chi connectivity index (χ1v) is 10.2. The van der Waals surface area contributed by atoms with Crippen molar-refractivity contribution in [1.82, 2.24) is 10.3 Å². The van der Waals surface area contributed by atoms with Crippen LogP contribution in [0.4, 0.5) is 5.69 Å². The fourth-order valence-corrected chi connectivity index (χ4v) is 5.12. The highest BCUT2D eigenvalue weighted by molar-refractivity contribution is 7.92. The van der Waals surface area contributed by atoms with Crippen molar-refractivity contribution in [2.75, 3.05) is 19.0 Å². The summed E-state index contributed by atoms with van der Waals surface area (Å²) in [6, 6.07) is 14.0. The molecule has 1 atom stereocenters. The Morgan fingerprint density at radius 1 is 1.11 bits per heavy atom. The number of anilines is 1. The van der Waals surface area contributed by atoms with Gasteiger partial charge in [0.1, 0.15) is 0 Å². The summed E-state index contributed by atoms with van der Waals surface area (Å²) in [7, 11) is -0.215. The lowest BCUT2D eigenvalue weighted by atomic mass is 10.1. The molecule has 6 nitrogen and oxygen atoms in total. The topological polar surface area (TPSA) is 82.3 Å². The van der Waals surface area contributed by atoms with Gasteiger partial charge >= 0.3 is 0 Å². The Hall–Kier alpha value is -3.06. The monoisotopic (exact) mass is 397 g/mol. The molecule has 0 bridgehead atoms. The molecule has 0 saturated carbocycles. The van der Waals surface area contributed by atoms with Gasteiger partial charge in [0.2, 0.25) is 15.7 Å². The van der Waals surface area contributed by atoms with E-state index in [2.05, 4.69) is 16.9 Å². The van der Waals surface area contributed by atoms with Gasteiger partial charge in [-0.05, 0) is 37.3 Å². The number of amides is 1. The molecule has 0 aliphatic carbocycles. The second-order valence-electron chi connectivity index (χ2n) is 6.84. The van der Waals surface area contributed by atoms with Crippen LogP contribution in [0.3, 0.4) is 0 Å². The largest absolute Gasteiger partial charge is 0.377 e. The van der Waals surface area contributed by atoms with Gasteiger partial charge in [-0.25, -0.2) is 8.42 Å². The van der Waals surface area contributed by atoms with Crippen LogP contribution in [0.5, 0.6) is 0 Å². The summed E-state index contributed by atoms with van der Waals surface area (Å²) in [5.74, 6) is -0.574. The van der Waals surface area contributed by atoms with Gasteiger partial charge in [0, 0.05) is 36.8 Å². The van der Waals surface area contributed by atoms with Crippen LogP contribution in [0.2, 0.25) is 0 Å². The second-order valence-corrected chi connectivity index (χ2v) is 9.10. The lowest BCUT2D eigenvalue weighted by Crippen LogP contribution is -2.49. The van der Waals surface area contributed by atoms with E-state index in [0.29, 0.717) is 11.1 Å². The highest BCUT2D eigenvalue weighted by atomic mass is 32.2. The summed E-state index contributed by atoms with van der Waals surface area (Å²) in [6.45, 7) is 4.92. The lowest BCUT2D eigenvalue weighted by molar-refractivity contribution is -0.117. The molecule has 1 unspecified atom stereocenters. The van der Waals surface area contributed by atoms with E-state index in [4.69, 9.17) is 0 Å². The number of benzene rings is 2. The number of nitrogens with one attached hydrogen (secondary N) is 2. The predicted octanol–water partition coefficient (Wildman–Crippen LogP) is 3.18. The van der Waals surface area contributed by atoms with Crippen LogP contribution in [0.15, 0.2) is 72.3 Å². The second kappa shape index (κ2) is 7.16. The van der Waals surface area contributed by atoms with Crippen molar-refractivity contribution >= 4 is 32.2 Å². The number of nitrogens with zero attached hydrogens (tertiary/aromatic N) is 1. The van der Waals surface area contributed by atoms with Crippen LogP contribution >= 0.6 is 0 Å². The van der Waals surface area contributed by atoms with Crippen molar-refractivity contribution in [2.45, 2.75) is 16.7 Å². The molecule has 0 radical (unpaired) electrons. The summed E-state index contributed by atoms with van der Waals surface area (Å²) in [5.41, 5.74) is 1.27. The molecule has 0 fully saturated rings. The molecule has 0 aliphatic heterocycles. The average molecular weight is 398 g/mol. The van der Waals surface area contributed by atoms with Crippen LogP contribution in [-0.2, 0) is 19.5 Å². The van der Waals surface area contributed by atoms with Gasteiger partial charge in [0.25, 0.3) is 0 Å². The Kier molecular flexibility index (Phi) is 5.04. The number of hydrogen-bond acceptors (Lipinski definition) is 4. The molecule has 1 aromatic heterocycles. The van der Waals surface area contributed by atoms with E-state index in [-0.39, 0.29) is 4.90 Å². The van der Waals surface area contributed by atoms with E-state index in [0.717, 1.165) is 17.1 Å². The number of H-pyrrole nitrogens is 1. The van der Waals surface area contributed by atoms with Gasteiger partial charge in [0.15, 0.2) is 4.87 Å². The van der Waals surface area contributed by atoms with Gasteiger partial charge in [-0.1, -0.05) is 30.8 Å². The van der Waals surface area contributed by atoms with E-state index in [9.17, 15) is 13.2 Å². The minimum absolute atomic E-state index is 0.148. The molecule has 2 aromatic carbocycles. The molecule has 146 valence electrons. The SMILES string of the molecule is C=CC(=O)NC(C)(c1ccc[nH]1)S(=O)(=O)c1cccc2c(N(C)C)cccc12. The maximum absolute atomic E-state index is 13.8. The number of carbonyl (C=O) groups is 1. The normalized spacial score (nSPS) is 13.7. The van der Waals surface area contributed by atoms with E-state index >= 15 is 0 Å². The number of aromatic amines is 1. The van der Waals surface area contributed by atoms with Crippen LogP contribution in [0.1, 0.15) is 12.6 Å². The minimum atomic E-state index is -4.03. The summed E-state index contributed by atoms with van der Waals surface area (Å²) < 4.78 is 27.6. The third-order valence-corrected chi connectivity index (χ3v) is 7.16. The number of sulfone groups is 1. The quantitative estimate of drug-likeness (QED) is 0.626. The minimum Gasteiger partial charge on any atom is -0.377 e. The molecule has 2 N–H and O–H groups in total. The zero-order chi connectivity index (χ0) is 20.5. The van der Waals surface area contributed by atoms with Crippen molar-refractivity contribution in [3.63, 3.8) is 0 Å². The van der Waals surface area contributed by atoms with Crippen LogP contribution < -0.4 is 10.2 Å². The van der Waals surface area contributed by atoms with E-state index in [1.54, 1.807) is 36.5 Å². The smallest absolute Gasteiger partial charge is 0.244 e. The molecule has 3 aromatic rings. The fraction of sp³-hybridized carbons (Fsp3) is 0.190. The van der Waals surface area contributed by atoms with E-state index in [1.165, 1.54) is 6.92 Å². The standard InChI is InChI=1S/C21H23N3O3S/c1-5-20(25)23-21(2,19-13-8-14-22-19)28(26,27)18-12-7-9-15-16(18)10-6-11-17(15)24(3)4/h5-14,22H,1H2,2-4H3,(H,23,25). The average Bonchev–Trinajstić information content (AvgIpc) is 3.21. The Bertz CT molecular complexity index is 1130. The molecule has 28 heavy (non-hydrogen) atoms. The molecule has 1 heterocycles. The van der Waals surface area contributed by atoms with Crippen molar-refractivity contribution < 1.29 is 13.2 Å². The molecule has 7 heteroatoms. The molecular formula is C21H23N3O3S. The van der Waals surface area contributed by atoms with Gasteiger partial charge in [-0.15, -0.1) is 0 Å². The van der Waals surface area contributed by atoms with Gasteiger partial charge in [-0.3, -0.25) is 4.79 Å². The number of fused-ring (bicyclic) bond motifs is 1. The Labute approximate surface area is 164 Å². The number of hydrogen-bond donors (Lipinski definition) is 2. The molecular weight excluding hydrogens is 374 g/mol. The Balaban J connectivity index is 2.30. The van der Waals surface area contributed by atoms with Gasteiger partial charge in [0.05, 0.1) is 10.6 Å². The third-order valence-electron chi connectivity index (χ3n) is 4.83. The van der Waals surface area contributed by atoms with Crippen LogP contribution in [-0.4, -0.2) is 33.4 Å². The number of aromatic nitrogens is 1. The van der Waals surface area contributed by atoms with Crippen LogP contribution in [0.25, 0.3) is 10.8 Å². The van der Waals surface area contributed by atoms with Gasteiger partial charge in [-0.2, -0.15) is 0 Å². The van der Waals surface area contributed by atoms with Crippen molar-refractivity contribution in [2.24, 2.45) is 0 Å². The van der Waals surface area contributed by atoms with Crippen molar-refractivity contribution in [3.8, 4) is 0 Å². The van der Waals surface area contributed by atoms with Crippen molar-refractivity contribution in [3.05, 3.63) is 73.1 Å². The first-order chi connectivity index (χ1) is 13.2. The summed E-state index contributed by atoms with van der Waals surface area (Å²) in [5, 5.41) is 4.01. The molecule has 0 aliphatic rings. The molecule has 3 rings (SSSR count). The first kappa shape index (κ1) is 19.7. The number of carbonyl (C=O) groups excluding carboxylic acids is 1. The maximum Gasteiger partial charge on any atom is 0.244 e. The fourth-order valence-electron chi connectivity index (χ4n) is 3.30. The molecule has 0 spiro atoms. The third kappa shape index (κ3) is 3.07. The zero-order valence-electron chi connectivity index (χ0n) is 16.1. The van der Waals surface area contributed by atoms with Crippen LogP contribution in [0, 0.1) is 0 Å². The lowest BCUT2D eigenvalue weighted by Gasteiger charge is -2.30.